The van der Waals surface area contributed by atoms with Crippen molar-refractivity contribution < 1.29 is 14.3 Å². The fraction of sp³-hybridized carbons (Fsp3) is 0.375. The quantitative estimate of drug-likeness (QED) is 0.559. The molecule has 1 N–H and O–H groups in total. The van der Waals surface area contributed by atoms with Crippen LogP contribution in [0.15, 0.2) is 47.5 Å². The Balaban J connectivity index is 1.56. The van der Waals surface area contributed by atoms with Gasteiger partial charge in [0.1, 0.15) is 10.8 Å². The first-order valence-corrected chi connectivity index (χ1v) is 11.7. The van der Waals surface area contributed by atoms with Crippen LogP contribution in [-0.2, 0) is 9.53 Å². The summed E-state index contributed by atoms with van der Waals surface area (Å²) in [6, 6.07) is 13.5. The number of rotatable bonds is 6. The van der Waals surface area contributed by atoms with Gasteiger partial charge in [-0.1, -0.05) is 30.0 Å². The first-order valence-electron chi connectivity index (χ1n) is 10.7. The minimum Gasteiger partial charge on any atom is -0.495 e. The first kappa shape index (κ1) is 22.4. The maximum Gasteiger partial charge on any atom is 0.234 e. The van der Waals surface area contributed by atoms with Crippen LogP contribution in [0.3, 0.4) is 0 Å². The normalized spacial score (nSPS) is 18.6. The summed E-state index contributed by atoms with van der Waals surface area (Å²) >= 11 is 1.39. The van der Waals surface area contributed by atoms with E-state index in [0.717, 1.165) is 40.5 Å². The Morgan fingerprint density at radius 1 is 1.16 bits per heavy atom. The van der Waals surface area contributed by atoms with Crippen LogP contribution in [0, 0.1) is 6.92 Å². The number of para-hydroxylation sites is 2. The van der Waals surface area contributed by atoms with Crippen LogP contribution in [0.25, 0.3) is 11.0 Å². The number of carbonyl (C=O) groups excluding carboxylic acids is 1. The van der Waals surface area contributed by atoms with Gasteiger partial charge in [0.15, 0.2) is 5.82 Å². The number of hydrogen-bond donors (Lipinski definition) is 1. The standard InChI is InChI=1S/C24H28N4O3S/c1-15-9-10-21(30-4)20(11-15)25-22(29)14-32-24-23(28-12-16(2)31-17(3)13-28)26-18-7-5-6-8-19(18)27-24/h5-11,16-17H,12-14H2,1-4H3,(H,25,29)/t16-,17-/m0/s1. The number of aromatic nitrogens is 2. The molecule has 1 saturated heterocycles. The Bertz CT molecular complexity index is 1110. The highest BCUT2D eigenvalue weighted by atomic mass is 32.2. The van der Waals surface area contributed by atoms with Gasteiger partial charge in [-0.2, -0.15) is 0 Å². The molecule has 0 bridgehead atoms. The van der Waals surface area contributed by atoms with Gasteiger partial charge in [0.05, 0.1) is 41.8 Å². The van der Waals surface area contributed by atoms with Crippen LogP contribution in [0.2, 0.25) is 0 Å². The molecular formula is C24H28N4O3S. The third kappa shape index (κ3) is 5.14. The number of anilines is 2. The van der Waals surface area contributed by atoms with E-state index in [4.69, 9.17) is 19.4 Å². The lowest BCUT2D eigenvalue weighted by atomic mass is 10.2. The zero-order valence-corrected chi connectivity index (χ0v) is 19.6. The van der Waals surface area contributed by atoms with E-state index in [1.165, 1.54) is 11.8 Å². The number of nitrogens with zero attached hydrogens (tertiary/aromatic N) is 3. The largest absolute Gasteiger partial charge is 0.495 e. The minimum atomic E-state index is -0.122. The highest BCUT2D eigenvalue weighted by molar-refractivity contribution is 8.00. The zero-order chi connectivity index (χ0) is 22.7. The Morgan fingerprint density at radius 2 is 1.84 bits per heavy atom. The topological polar surface area (TPSA) is 76.6 Å². The molecule has 0 unspecified atom stereocenters. The molecule has 2 aromatic carbocycles. The molecule has 1 fully saturated rings. The molecule has 8 heteroatoms. The number of ether oxygens (including phenoxy) is 2. The maximum atomic E-state index is 12.8. The summed E-state index contributed by atoms with van der Waals surface area (Å²) in [6.07, 6.45) is 0.198. The van der Waals surface area contributed by atoms with Crippen molar-refractivity contribution in [1.82, 2.24) is 9.97 Å². The van der Waals surface area contributed by atoms with Gasteiger partial charge in [0, 0.05) is 13.1 Å². The zero-order valence-electron chi connectivity index (χ0n) is 18.8. The summed E-state index contributed by atoms with van der Waals surface area (Å²) in [6.45, 7) is 7.57. The molecular weight excluding hydrogens is 424 g/mol. The average molecular weight is 453 g/mol. The third-order valence-corrected chi connectivity index (χ3v) is 6.16. The predicted octanol–water partition coefficient (Wildman–Crippen LogP) is 4.29. The van der Waals surface area contributed by atoms with Crippen molar-refractivity contribution in [1.29, 1.82) is 0 Å². The van der Waals surface area contributed by atoms with Gasteiger partial charge in [-0.15, -0.1) is 0 Å². The molecule has 168 valence electrons. The number of carbonyl (C=O) groups is 1. The van der Waals surface area contributed by atoms with Crippen LogP contribution < -0.4 is 15.0 Å². The van der Waals surface area contributed by atoms with Crippen molar-refractivity contribution >= 4 is 40.2 Å². The molecule has 1 aliphatic heterocycles. The molecule has 2 atom stereocenters. The smallest absolute Gasteiger partial charge is 0.234 e. The van der Waals surface area contributed by atoms with E-state index in [1.807, 2.05) is 49.4 Å². The van der Waals surface area contributed by atoms with E-state index in [2.05, 4.69) is 24.1 Å². The number of thioether (sulfide) groups is 1. The second-order valence-electron chi connectivity index (χ2n) is 8.04. The van der Waals surface area contributed by atoms with Gasteiger partial charge in [-0.3, -0.25) is 4.79 Å². The highest BCUT2D eigenvalue weighted by Gasteiger charge is 2.26. The molecule has 0 aliphatic carbocycles. The maximum absolute atomic E-state index is 12.8. The molecule has 0 spiro atoms. The Labute approximate surface area is 192 Å². The number of hydrogen-bond acceptors (Lipinski definition) is 7. The SMILES string of the molecule is COc1ccc(C)cc1NC(=O)CSc1nc2ccccc2nc1N1C[C@H](C)O[C@@H](C)C1. The molecule has 7 nitrogen and oxygen atoms in total. The van der Waals surface area contributed by atoms with Gasteiger partial charge in [-0.25, -0.2) is 9.97 Å². The van der Waals surface area contributed by atoms with E-state index in [0.29, 0.717) is 11.4 Å². The molecule has 0 radical (unpaired) electrons. The third-order valence-electron chi connectivity index (χ3n) is 5.21. The van der Waals surface area contributed by atoms with Crippen molar-refractivity contribution in [3.05, 3.63) is 48.0 Å². The lowest BCUT2D eigenvalue weighted by Crippen LogP contribution is -2.46. The first-order chi connectivity index (χ1) is 15.4. The number of benzene rings is 2. The second kappa shape index (κ2) is 9.75. The fourth-order valence-corrected chi connectivity index (χ4v) is 4.67. The molecule has 0 saturated carbocycles. The fourth-order valence-electron chi connectivity index (χ4n) is 3.87. The monoisotopic (exact) mass is 452 g/mol. The number of fused-ring (bicyclic) bond motifs is 1. The van der Waals surface area contributed by atoms with Gasteiger partial charge in [0.25, 0.3) is 0 Å². The van der Waals surface area contributed by atoms with Crippen LogP contribution in [0.5, 0.6) is 5.75 Å². The number of morpholine rings is 1. The van der Waals surface area contributed by atoms with Crippen LogP contribution in [0.1, 0.15) is 19.4 Å². The van der Waals surface area contributed by atoms with Gasteiger partial charge in [0.2, 0.25) is 5.91 Å². The number of methoxy groups -OCH3 is 1. The Hall–Kier alpha value is -2.84. The predicted molar refractivity (Wildman–Crippen MR) is 129 cm³/mol. The summed E-state index contributed by atoms with van der Waals surface area (Å²) < 4.78 is 11.3. The molecule has 1 aliphatic rings. The molecule has 4 rings (SSSR count). The number of nitrogens with one attached hydrogen (secondary N) is 1. The van der Waals surface area contributed by atoms with E-state index < -0.39 is 0 Å². The van der Waals surface area contributed by atoms with Crippen LogP contribution in [-0.4, -0.2) is 54.0 Å². The van der Waals surface area contributed by atoms with Gasteiger partial charge < -0.3 is 19.7 Å². The molecule has 2 heterocycles. The second-order valence-corrected chi connectivity index (χ2v) is 9.01. The summed E-state index contributed by atoms with van der Waals surface area (Å²) in [5.41, 5.74) is 3.37. The average Bonchev–Trinajstić information content (AvgIpc) is 2.76. The van der Waals surface area contributed by atoms with Crippen molar-refractivity contribution in [2.45, 2.75) is 38.0 Å². The minimum absolute atomic E-state index is 0.0990. The lowest BCUT2D eigenvalue weighted by Gasteiger charge is -2.36. The Kier molecular flexibility index (Phi) is 6.81. The van der Waals surface area contributed by atoms with Crippen LogP contribution in [0.4, 0.5) is 11.5 Å². The van der Waals surface area contributed by atoms with Gasteiger partial charge >= 0.3 is 0 Å². The molecule has 1 amide bonds. The van der Waals surface area contributed by atoms with E-state index in [1.54, 1.807) is 7.11 Å². The molecule has 32 heavy (non-hydrogen) atoms. The van der Waals surface area contributed by atoms with Crippen molar-refractivity contribution in [3.8, 4) is 5.75 Å². The Morgan fingerprint density at radius 3 is 2.53 bits per heavy atom. The summed E-state index contributed by atoms with van der Waals surface area (Å²) in [5.74, 6) is 1.53. The molecule has 3 aromatic rings. The van der Waals surface area contributed by atoms with E-state index in [-0.39, 0.29) is 23.9 Å². The summed E-state index contributed by atoms with van der Waals surface area (Å²) in [7, 11) is 1.59. The number of aryl methyl sites for hydroxylation is 1. The highest BCUT2D eigenvalue weighted by Crippen LogP contribution is 2.31. The summed E-state index contributed by atoms with van der Waals surface area (Å²) in [4.78, 5) is 24.7. The van der Waals surface area contributed by atoms with Crippen molar-refractivity contribution in [2.24, 2.45) is 0 Å². The van der Waals surface area contributed by atoms with E-state index in [9.17, 15) is 4.79 Å². The molecule has 1 aromatic heterocycles. The lowest BCUT2D eigenvalue weighted by molar-refractivity contribution is -0.113. The van der Waals surface area contributed by atoms with Gasteiger partial charge in [-0.05, 0) is 50.6 Å². The van der Waals surface area contributed by atoms with Crippen molar-refractivity contribution in [3.63, 3.8) is 0 Å². The summed E-state index contributed by atoms with van der Waals surface area (Å²) in [5, 5.41) is 3.70. The number of amides is 1. The van der Waals surface area contributed by atoms with Crippen LogP contribution >= 0.6 is 11.8 Å². The van der Waals surface area contributed by atoms with Crippen molar-refractivity contribution in [2.75, 3.05) is 36.2 Å². The van der Waals surface area contributed by atoms with E-state index >= 15 is 0 Å².